The largest absolute Gasteiger partial charge is 0.504 e. The molecule has 0 unspecified atom stereocenters. The number of benzene rings is 1. The summed E-state index contributed by atoms with van der Waals surface area (Å²) in [7, 11) is 0. The Labute approximate surface area is 161 Å². The molecule has 10 nitrogen and oxygen atoms in total. The number of pyridine rings is 1. The molecule has 2 aromatic heterocycles. The molecule has 1 N–H and O–H groups in total. The topological polar surface area (TPSA) is 134 Å². The highest BCUT2D eigenvalue weighted by molar-refractivity contribution is 6.32. The summed E-state index contributed by atoms with van der Waals surface area (Å²) in [4.78, 5) is 18.4. The fourth-order valence-electron chi connectivity index (χ4n) is 2.32. The number of para-hydroxylation sites is 1. The van der Waals surface area contributed by atoms with Crippen molar-refractivity contribution in [3.63, 3.8) is 0 Å². The van der Waals surface area contributed by atoms with Gasteiger partial charge >= 0.3 is 11.8 Å². The Morgan fingerprint density at radius 2 is 2.04 bits per heavy atom. The monoisotopic (exact) mass is 412 g/mol. The van der Waals surface area contributed by atoms with Crippen LogP contribution in [0.2, 0.25) is 5.02 Å². The van der Waals surface area contributed by atoms with Gasteiger partial charge in [0.2, 0.25) is 11.7 Å². The molecule has 0 amide bonds. The van der Waals surface area contributed by atoms with Crippen LogP contribution < -0.4 is 9.03 Å². The number of hydrogen-bond donors (Lipinski definition) is 1. The Kier molecular flexibility index (Phi) is 5.02. The molecule has 0 saturated heterocycles. The van der Waals surface area contributed by atoms with Crippen LogP contribution in [0.3, 0.4) is 0 Å². The van der Waals surface area contributed by atoms with Crippen molar-refractivity contribution < 1.29 is 23.6 Å². The summed E-state index contributed by atoms with van der Waals surface area (Å²) < 4.78 is 14.9. The van der Waals surface area contributed by atoms with E-state index in [4.69, 9.17) is 37.0 Å². The van der Waals surface area contributed by atoms with Gasteiger partial charge in [0.1, 0.15) is 11.9 Å². The predicted octanol–water partition coefficient (Wildman–Crippen LogP) is 4.34. The van der Waals surface area contributed by atoms with Crippen molar-refractivity contribution in [3.05, 3.63) is 44.6 Å². The van der Waals surface area contributed by atoms with Crippen molar-refractivity contribution in [1.29, 1.82) is 0 Å². The van der Waals surface area contributed by atoms with E-state index in [9.17, 15) is 15.2 Å². The lowest BCUT2D eigenvalue weighted by atomic mass is 10.1. The van der Waals surface area contributed by atoms with Gasteiger partial charge in [-0.3, -0.25) is 14.6 Å². The van der Waals surface area contributed by atoms with Crippen molar-refractivity contribution >= 4 is 29.2 Å². The summed E-state index contributed by atoms with van der Waals surface area (Å²) in [5.74, 6) is -0.934. The standard InChI is InChI=1S/C15H10Cl2N4O6/c1-6-10(14(26-17)18-7(2)11(6)16)13-19-15(27-20-13)25-12-8(21(23)24)4-3-5-9(12)22/h3-5,22H,1-2H3. The number of nitro groups is 1. The predicted molar refractivity (Wildman–Crippen MR) is 93.3 cm³/mol. The third-order valence-corrected chi connectivity index (χ3v) is 4.27. The van der Waals surface area contributed by atoms with Crippen LogP contribution in [0.5, 0.6) is 23.5 Å². The van der Waals surface area contributed by atoms with Crippen LogP contribution >= 0.6 is 23.5 Å². The van der Waals surface area contributed by atoms with Crippen LogP contribution in [0.25, 0.3) is 11.4 Å². The van der Waals surface area contributed by atoms with Crippen molar-refractivity contribution in [1.82, 2.24) is 15.1 Å². The van der Waals surface area contributed by atoms with Crippen LogP contribution in [0.1, 0.15) is 11.3 Å². The summed E-state index contributed by atoms with van der Waals surface area (Å²) in [6.07, 6.45) is -0.453. The number of nitro benzene ring substituents is 1. The first-order valence-corrected chi connectivity index (χ1v) is 7.95. The van der Waals surface area contributed by atoms with Crippen LogP contribution in [0.4, 0.5) is 5.69 Å². The summed E-state index contributed by atoms with van der Waals surface area (Å²) >= 11 is 11.6. The van der Waals surface area contributed by atoms with E-state index < -0.39 is 28.2 Å². The van der Waals surface area contributed by atoms with Gasteiger partial charge in [-0.2, -0.15) is 4.98 Å². The third kappa shape index (κ3) is 3.44. The Bertz CT molecular complexity index is 1040. The average Bonchev–Trinajstić information content (AvgIpc) is 3.08. The first-order chi connectivity index (χ1) is 12.8. The molecular formula is C15H10Cl2N4O6. The van der Waals surface area contributed by atoms with E-state index in [0.717, 1.165) is 6.07 Å². The minimum Gasteiger partial charge on any atom is -0.504 e. The van der Waals surface area contributed by atoms with E-state index in [2.05, 4.69) is 15.1 Å². The minimum atomic E-state index is -0.723. The number of phenolic OH excluding ortho intramolecular Hbond substituents is 1. The second-order valence-corrected chi connectivity index (χ2v) is 5.79. The first-order valence-electron chi connectivity index (χ1n) is 7.27. The fourth-order valence-corrected chi connectivity index (χ4v) is 2.57. The fraction of sp³-hybridized carbons (Fsp3) is 0.133. The molecule has 0 saturated carbocycles. The van der Waals surface area contributed by atoms with Gasteiger partial charge < -0.3 is 14.1 Å². The number of hydrogen-bond acceptors (Lipinski definition) is 9. The normalized spacial score (nSPS) is 10.7. The van der Waals surface area contributed by atoms with Gasteiger partial charge in [0.15, 0.2) is 5.75 Å². The van der Waals surface area contributed by atoms with Crippen molar-refractivity contribution in [3.8, 4) is 34.8 Å². The SMILES string of the molecule is Cc1nc(OCl)c(-c2noc(Oc3c(O)cccc3[N+](=O)[O-])n2)c(C)c1Cl. The second-order valence-electron chi connectivity index (χ2n) is 5.26. The Morgan fingerprint density at radius 3 is 2.70 bits per heavy atom. The molecule has 27 heavy (non-hydrogen) atoms. The highest BCUT2D eigenvalue weighted by Gasteiger charge is 2.25. The third-order valence-electron chi connectivity index (χ3n) is 3.57. The van der Waals surface area contributed by atoms with Crippen molar-refractivity contribution in [2.45, 2.75) is 13.8 Å². The molecule has 0 radical (unpaired) electrons. The Morgan fingerprint density at radius 1 is 1.30 bits per heavy atom. The minimum absolute atomic E-state index is 0.00282. The number of aromatic hydroxyl groups is 1. The molecule has 2 heterocycles. The molecule has 140 valence electrons. The molecule has 3 aromatic rings. The summed E-state index contributed by atoms with van der Waals surface area (Å²) in [6, 6.07) is 3.67. The van der Waals surface area contributed by atoms with Gasteiger partial charge in [0.25, 0.3) is 5.75 Å². The number of ether oxygens (including phenoxy) is 1. The average molecular weight is 413 g/mol. The summed E-state index contributed by atoms with van der Waals surface area (Å²) in [6.45, 7) is 3.34. The maximum atomic E-state index is 11.1. The Hall–Kier alpha value is -3.11. The van der Waals surface area contributed by atoms with Gasteiger partial charge in [-0.05, 0) is 25.5 Å². The quantitative estimate of drug-likeness (QED) is 0.479. The van der Waals surface area contributed by atoms with Crippen LogP contribution in [-0.2, 0) is 0 Å². The van der Waals surface area contributed by atoms with E-state index in [-0.39, 0.29) is 17.3 Å². The Balaban J connectivity index is 2.03. The molecule has 0 bridgehead atoms. The van der Waals surface area contributed by atoms with Crippen LogP contribution in [0, 0.1) is 24.0 Å². The molecule has 12 heteroatoms. The zero-order chi connectivity index (χ0) is 19.7. The van der Waals surface area contributed by atoms with Crippen LogP contribution in [-0.4, -0.2) is 25.2 Å². The van der Waals surface area contributed by atoms with Crippen LogP contribution in [0.15, 0.2) is 22.7 Å². The van der Waals surface area contributed by atoms with E-state index in [1.54, 1.807) is 13.8 Å². The lowest BCUT2D eigenvalue weighted by molar-refractivity contribution is -0.385. The number of nitrogens with zero attached hydrogens (tertiary/aromatic N) is 4. The first kappa shape index (κ1) is 18.7. The molecule has 3 rings (SSSR count). The second kappa shape index (κ2) is 7.25. The van der Waals surface area contributed by atoms with Crippen molar-refractivity contribution in [2.75, 3.05) is 0 Å². The molecule has 0 aliphatic rings. The zero-order valence-electron chi connectivity index (χ0n) is 13.8. The molecule has 1 aromatic carbocycles. The number of halogens is 2. The summed E-state index contributed by atoms with van der Waals surface area (Å²) in [5.41, 5.74) is 0.792. The summed E-state index contributed by atoms with van der Waals surface area (Å²) in [5, 5.41) is 25.0. The van der Waals surface area contributed by atoms with Gasteiger partial charge in [0.05, 0.1) is 21.2 Å². The van der Waals surface area contributed by atoms with E-state index in [0.29, 0.717) is 16.3 Å². The molecular weight excluding hydrogens is 403 g/mol. The molecule has 0 fully saturated rings. The highest BCUT2D eigenvalue weighted by atomic mass is 35.5. The van der Waals surface area contributed by atoms with Gasteiger partial charge in [-0.25, -0.2) is 4.98 Å². The maximum Gasteiger partial charge on any atom is 0.423 e. The highest BCUT2D eigenvalue weighted by Crippen LogP contribution is 2.40. The number of phenols is 1. The van der Waals surface area contributed by atoms with E-state index >= 15 is 0 Å². The lowest BCUT2D eigenvalue weighted by Crippen LogP contribution is -1.97. The number of rotatable bonds is 5. The lowest BCUT2D eigenvalue weighted by Gasteiger charge is -2.09. The van der Waals surface area contributed by atoms with Crippen molar-refractivity contribution in [2.24, 2.45) is 0 Å². The number of aryl methyl sites for hydroxylation is 1. The smallest absolute Gasteiger partial charge is 0.423 e. The maximum absolute atomic E-state index is 11.1. The molecule has 0 spiro atoms. The van der Waals surface area contributed by atoms with Gasteiger partial charge in [0, 0.05) is 6.07 Å². The zero-order valence-corrected chi connectivity index (χ0v) is 15.3. The van der Waals surface area contributed by atoms with Gasteiger partial charge in [-0.1, -0.05) is 22.8 Å². The van der Waals surface area contributed by atoms with E-state index in [1.807, 2.05) is 0 Å². The molecule has 0 atom stereocenters. The van der Waals surface area contributed by atoms with Gasteiger partial charge in [-0.15, -0.1) is 0 Å². The van der Waals surface area contributed by atoms with E-state index in [1.165, 1.54) is 12.1 Å². The number of aromatic nitrogens is 3. The molecule has 0 aliphatic carbocycles. The molecule has 0 aliphatic heterocycles.